The van der Waals surface area contributed by atoms with Crippen LogP contribution in [-0.2, 0) is 0 Å². The van der Waals surface area contributed by atoms with Crippen molar-refractivity contribution in [1.29, 1.82) is 0 Å². The molecule has 0 radical (unpaired) electrons. The summed E-state index contributed by atoms with van der Waals surface area (Å²) in [4.78, 5) is 2.68. The van der Waals surface area contributed by atoms with Crippen LogP contribution in [0.5, 0.6) is 0 Å². The Labute approximate surface area is 124 Å². The minimum Gasteiger partial charge on any atom is -0.309 e. The highest BCUT2D eigenvalue weighted by atomic mass is 15.2. The van der Waals surface area contributed by atoms with Crippen LogP contribution < -0.4 is 5.32 Å². The SMILES string of the molecule is CCNC(c1ccc(C)cc1)C(C)N1CCCCCC1. The summed E-state index contributed by atoms with van der Waals surface area (Å²) >= 11 is 0. The Morgan fingerprint density at radius 3 is 2.20 bits per heavy atom. The second kappa shape index (κ2) is 7.80. The first-order chi connectivity index (χ1) is 9.72. The van der Waals surface area contributed by atoms with Gasteiger partial charge in [0.25, 0.3) is 0 Å². The molecule has 2 heteroatoms. The Balaban J connectivity index is 2.11. The Bertz CT molecular complexity index is 377. The van der Waals surface area contributed by atoms with E-state index in [2.05, 4.69) is 55.3 Å². The molecule has 1 aromatic carbocycles. The largest absolute Gasteiger partial charge is 0.309 e. The van der Waals surface area contributed by atoms with Crippen LogP contribution in [-0.4, -0.2) is 30.6 Å². The van der Waals surface area contributed by atoms with Crippen LogP contribution >= 0.6 is 0 Å². The molecule has 0 bridgehead atoms. The van der Waals surface area contributed by atoms with E-state index in [1.54, 1.807) is 0 Å². The first-order valence-electron chi connectivity index (χ1n) is 8.26. The second-order valence-electron chi connectivity index (χ2n) is 6.14. The Kier molecular flexibility index (Phi) is 6.06. The molecule has 1 aliphatic rings. The molecule has 2 atom stereocenters. The van der Waals surface area contributed by atoms with E-state index in [-0.39, 0.29) is 0 Å². The quantitative estimate of drug-likeness (QED) is 0.875. The van der Waals surface area contributed by atoms with Crippen LogP contribution in [0.1, 0.15) is 56.7 Å². The zero-order chi connectivity index (χ0) is 14.4. The van der Waals surface area contributed by atoms with E-state index >= 15 is 0 Å². The predicted molar refractivity (Wildman–Crippen MR) is 87.1 cm³/mol. The molecular formula is C18H30N2. The van der Waals surface area contributed by atoms with Crippen LogP contribution in [0.3, 0.4) is 0 Å². The number of hydrogen-bond donors (Lipinski definition) is 1. The van der Waals surface area contributed by atoms with Crippen molar-refractivity contribution in [3.05, 3.63) is 35.4 Å². The van der Waals surface area contributed by atoms with Crippen molar-refractivity contribution in [2.24, 2.45) is 0 Å². The van der Waals surface area contributed by atoms with E-state index in [4.69, 9.17) is 0 Å². The number of nitrogens with one attached hydrogen (secondary N) is 1. The van der Waals surface area contributed by atoms with E-state index in [1.807, 2.05) is 0 Å². The first kappa shape index (κ1) is 15.5. The standard InChI is InChI=1S/C18H30N2/c1-4-19-18(17-11-9-15(2)10-12-17)16(3)20-13-7-5-6-8-14-20/h9-12,16,18-19H,4-8,13-14H2,1-3H3. The lowest BCUT2D eigenvalue weighted by Crippen LogP contribution is -2.43. The average molecular weight is 274 g/mol. The summed E-state index contributed by atoms with van der Waals surface area (Å²) in [5.41, 5.74) is 2.76. The van der Waals surface area contributed by atoms with Crippen LogP contribution in [0.4, 0.5) is 0 Å². The summed E-state index contributed by atoms with van der Waals surface area (Å²) in [6, 6.07) is 10.0. The van der Waals surface area contributed by atoms with Crippen molar-refractivity contribution in [3.63, 3.8) is 0 Å². The highest BCUT2D eigenvalue weighted by molar-refractivity contribution is 5.25. The van der Waals surface area contributed by atoms with Gasteiger partial charge in [-0.2, -0.15) is 0 Å². The van der Waals surface area contributed by atoms with Gasteiger partial charge >= 0.3 is 0 Å². The van der Waals surface area contributed by atoms with Gasteiger partial charge in [-0.05, 0) is 51.9 Å². The first-order valence-corrected chi connectivity index (χ1v) is 8.26. The molecule has 1 saturated heterocycles. The van der Waals surface area contributed by atoms with E-state index in [9.17, 15) is 0 Å². The summed E-state index contributed by atoms with van der Waals surface area (Å²) in [6.45, 7) is 10.3. The van der Waals surface area contributed by atoms with Gasteiger partial charge in [0.2, 0.25) is 0 Å². The van der Waals surface area contributed by atoms with Crippen molar-refractivity contribution in [3.8, 4) is 0 Å². The molecule has 2 nitrogen and oxygen atoms in total. The maximum absolute atomic E-state index is 3.69. The zero-order valence-corrected chi connectivity index (χ0v) is 13.4. The molecule has 20 heavy (non-hydrogen) atoms. The van der Waals surface area contributed by atoms with Crippen molar-refractivity contribution < 1.29 is 0 Å². The average Bonchev–Trinajstić information content (AvgIpc) is 2.74. The molecule has 2 rings (SSSR count). The fourth-order valence-corrected chi connectivity index (χ4v) is 3.27. The van der Waals surface area contributed by atoms with Gasteiger partial charge in [0.15, 0.2) is 0 Å². The molecule has 2 unspecified atom stereocenters. The molecule has 1 heterocycles. The third-order valence-corrected chi connectivity index (χ3v) is 4.56. The minimum absolute atomic E-state index is 0.443. The van der Waals surface area contributed by atoms with Crippen molar-refractivity contribution in [1.82, 2.24) is 10.2 Å². The predicted octanol–water partition coefficient (Wildman–Crippen LogP) is 3.91. The molecule has 0 aliphatic carbocycles. The third kappa shape index (κ3) is 4.07. The van der Waals surface area contributed by atoms with Gasteiger partial charge in [-0.25, -0.2) is 0 Å². The van der Waals surface area contributed by atoms with E-state index in [1.165, 1.54) is 49.9 Å². The Morgan fingerprint density at radius 1 is 1.05 bits per heavy atom. The fraction of sp³-hybridized carbons (Fsp3) is 0.667. The minimum atomic E-state index is 0.443. The van der Waals surface area contributed by atoms with Crippen LogP contribution in [0, 0.1) is 6.92 Å². The van der Waals surface area contributed by atoms with E-state index in [0.717, 1.165) is 6.54 Å². The highest BCUT2D eigenvalue weighted by Crippen LogP contribution is 2.24. The molecule has 112 valence electrons. The topological polar surface area (TPSA) is 15.3 Å². The molecule has 0 amide bonds. The highest BCUT2D eigenvalue weighted by Gasteiger charge is 2.24. The Morgan fingerprint density at radius 2 is 1.65 bits per heavy atom. The molecule has 1 N–H and O–H groups in total. The summed E-state index contributed by atoms with van der Waals surface area (Å²) in [6.07, 6.45) is 5.52. The van der Waals surface area contributed by atoms with Gasteiger partial charge in [-0.3, -0.25) is 4.90 Å². The van der Waals surface area contributed by atoms with Gasteiger partial charge < -0.3 is 5.32 Å². The number of likely N-dealkylation sites (N-methyl/N-ethyl adjacent to an activating group) is 1. The van der Waals surface area contributed by atoms with Crippen molar-refractivity contribution >= 4 is 0 Å². The molecule has 1 aliphatic heterocycles. The number of aryl methyl sites for hydroxylation is 1. The van der Waals surface area contributed by atoms with Gasteiger partial charge in [0, 0.05) is 12.1 Å². The number of likely N-dealkylation sites (tertiary alicyclic amines) is 1. The maximum atomic E-state index is 3.69. The molecular weight excluding hydrogens is 244 g/mol. The molecule has 0 aromatic heterocycles. The van der Waals surface area contributed by atoms with Crippen molar-refractivity contribution in [2.75, 3.05) is 19.6 Å². The fourth-order valence-electron chi connectivity index (χ4n) is 3.27. The van der Waals surface area contributed by atoms with Gasteiger partial charge in [-0.1, -0.05) is 49.6 Å². The number of rotatable bonds is 5. The zero-order valence-electron chi connectivity index (χ0n) is 13.4. The monoisotopic (exact) mass is 274 g/mol. The molecule has 0 saturated carbocycles. The lowest BCUT2D eigenvalue weighted by molar-refractivity contribution is 0.176. The number of benzene rings is 1. The lowest BCUT2D eigenvalue weighted by atomic mass is 9.98. The van der Waals surface area contributed by atoms with Crippen LogP contribution in [0.15, 0.2) is 24.3 Å². The van der Waals surface area contributed by atoms with E-state index in [0.29, 0.717) is 12.1 Å². The number of hydrogen-bond acceptors (Lipinski definition) is 2. The molecule has 1 aromatic rings. The number of nitrogens with zero attached hydrogens (tertiary/aromatic N) is 1. The smallest absolute Gasteiger partial charge is 0.0475 e. The van der Waals surface area contributed by atoms with Gasteiger partial charge in [0.1, 0.15) is 0 Å². The second-order valence-corrected chi connectivity index (χ2v) is 6.14. The van der Waals surface area contributed by atoms with E-state index < -0.39 is 0 Å². The summed E-state index contributed by atoms with van der Waals surface area (Å²) in [5, 5.41) is 3.69. The molecule has 0 spiro atoms. The third-order valence-electron chi connectivity index (χ3n) is 4.56. The summed E-state index contributed by atoms with van der Waals surface area (Å²) in [7, 11) is 0. The molecule has 1 fully saturated rings. The summed E-state index contributed by atoms with van der Waals surface area (Å²) in [5.74, 6) is 0. The lowest BCUT2D eigenvalue weighted by Gasteiger charge is -2.35. The summed E-state index contributed by atoms with van der Waals surface area (Å²) < 4.78 is 0. The van der Waals surface area contributed by atoms with Crippen LogP contribution in [0.2, 0.25) is 0 Å². The normalized spacial score (nSPS) is 20.4. The van der Waals surface area contributed by atoms with Gasteiger partial charge in [0.05, 0.1) is 0 Å². The Hall–Kier alpha value is -0.860. The maximum Gasteiger partial charge on any atom is 0.0475 e. The van der Waals surface area contributed by atoms with Crippen molar-refractivity contribution in [2.45, 2.75) is 58.5 Å². The van der Waals surface area contributed by atoms with Gasteiger partial charge in [-0.15, -0.1) is 0 Å². The van der Waals surface area contributed by atoms with Crippen LogP contribution in [0.25, 0.3) is 0 Å².